The van der Waals surface area contributed by atoms with E-state index < -0.39 is 0 Å². The lowest BCUT2D eigenvalue weighted by Gasteiger charge is -2.34. The second-order valence-electron chi connectivity index (χ2n) is 5.51. The maximum Gasteiger partial charge on any atom is 0.256 e. The number of benzene rings is 1. The maximum atomic E-state index is 12.5. The van der Waals surface area contributed by atoms with E-state index in [-0.39, 0.29) is 43.1 Å². The zero-order chi connectivity index (χ0) is 15.5. The Bertz CT molecular complexity index is 675. The number of aryl methyl sites for hydroxylation is 1. The van der Waals surface area contributed by atoms with Crippen molar-refractivity contribution in [1.29, 1.82) is 0 Å². The topological polar surface area (TPSA) is 62.5 Å². The van der Waals surface area contributed by atoms with Gasteiger partial charge >= 0.3 is 0 Å². The average Bonchev–Trinajstić information content (AvgIpc) is 2.93. The van der Waals surface area contributed by atoms with Crippen molar-refractivity contribution >= 4 is 60.2 Å². The fourth-order valence-electron chi connectivity index (χ4n) is 2.68. The minimum Gasteiger partial charge on any atom is -0.398 e. The first-order valence-corrected chi connectivity index (χ1v) is 8.28. The summed E-state index contributed by atoms with van der Waals surface area (Å²) >= 11 is 1.68. The molecule has 2 N–H and O–H groups in total. The van der Waals surface area contributed by atoms with Crippen molar-refractivity contribution in [3.8, 4) is 0 Å². The quantitative estimate of drug-likeness (QED) is 0.767. The van der Waals surface area contributed by atoms with Crippen LogP contribution >= 0.6 is 48.6 Å². The van der Waals surface area contributed by atoms with E-state index in [2.05, 4.69) is 15.3 Å². The molecule has 1 saturated heterocycles. The van der Waals surface area contributed by atoms with Crippen molar-refractivity contribution in [2.75, 3.05) is 31.9 Å². The molecule has 9 heteroatoms. The predicted octanol–water partition coefficient (Wildman–Crippen LogP) is 3.26. The molecule has 5 nitrogen and oxygen atoms in total. The SMILES string of the molecule is Cc1nc(CN2CCN(C(=O)c3ccccc3N)CC2)cs1.Cl.Cl.Cl. The molecule has 0 saturated carbocycles. The summed E-state index contributed by atoms with van der Waals surface area (Å²) in [5.74, 6) is 0.0299. The lowest BCUT2D eigenvalue weighted by atomic mass is 10.1. The van der Waals surface area contributed by atoms with Gasteiger partial charge in [-0.2, -0.15) is 0 Å². The Kier molecular flexibility index (Phi) is 10.4. The highest BCUT2D eigenvalue weighted by Gasteiger charge is 2.23. The van der Waals surface area contributed by atoms with Crippen LogP contribution in [0.3, 0.4) is 0 Å². The molecule has 25 heavy (non-hydrogen) atoms. The Balaban J connectivity index is 0.00000192. The van der Waals surface area contributed by atoms with Crippen LogP contribution in [0.4, 0.5) is 5.69 Å². The molecular weight excluding hydrogens is 403 g/mol. The van der Waals surface area contributed by atoms with Gasteiger partial charge in [0.25, 0.3) is 5.91 Å². The van der Waals surface area contributed by atoms with Gasteiger partial charge in [0, 0.05) is 43.8 Å². The zero-order valence-corrected chi connectivity index (χ0v) is 17.1. The Morgan fingerprint density at radius 1 is 1.16 bits per heavy atom. The van der Waals surface area contributed by atoms with Crippen LogP contribution in [0.2, 0.25) is 0 Å². The summed E-state index contributed by atoms with van der Waals surface area (Å²) in [6.07, 6.45) is 0. The minimum atomic E-state index is 0. The lowest BCUT2D eigenvalue weighted by molar-refractivity contribution is 0.0628. The van der Waals surface area contributed by atoms with Crippen LogP contribution in [0, 0.1) is 6.92 Å². The first kappa shape index (κ1) is 23.9. The van der Waals surface area contributed by atoms with Crippen LogP contribution in [-0.2, 0) is 6.54 Å². The summed E-state index contributed by atoms with van der Waals surface area (Å²) in [7, 11) is 0. The average molecular weight is 426 g/mol. The standard InChI is InChI=1S/C16H20N4OS.3ClH/c1-12-18-13(11-22-12)10-19-6-8-20(9-7-19)16(21)14-4-2-3-5-15(14)17;;;/h2-5,11H,6-10,17H2,1H3;3*1H. The number of carbonyl (C=O) groups is 1. The van der Waals surface area contributed by atoms with Crippen LogP contribution < -0.4 is 5.73 Å². The Morgan fingerprint density at radius 3 is 2.36 bits per heavy atom. The number of nitrogens with zero attached hydrogens (tertiary/aromatic N) is 3. The number of para-hydroxylation sites is 1. The Labute approximate surface area is 170 Å². The number of nitrogen functional groups attached to an aromatic ring is 1. The van der Waals surface area contributed by atoms with E-state index in [0.717, 1.165) is 43.4 Å². The molecule has 0 atom stereocenters. The van der Waals surface area contributed by atoms with E-state index in [0.29, 0.717) is 11.3 Å². The van der Waals surface area contributed by atoms with Gasteiger partial charge in [0.1, 0.15) is 0 Å². The third-order valence-corrected chi connectivity index (χ3v) is 4.73. The second kappa shape index (κ2) is 10.8. The minimum absolute atomic E-state index is 0. The van der Waals surface area contributed by atoms with Crippen LogP contribution in [0.1, 0.15) is 21.1 Å². The van der Waals surface area contributed by atoms with Gasteiger partial charge in [0.2, 0.25) is 0 Å². The fraction of sp³-hybridized carbons (Fsp3) is 0.375. The molecule has 1 aliphatic heterocycles. The van der Waals surface area contributed by atoms with Crippen LogP contribution in [-0.4, -0.2) is 46.9 Å². The van der Waals surface area contributed by atoms with Crippen molar-refractivity contribution in [2.45, 2.75) is 13.5 Å². The summed E-state index contributed by atoms with van der Waals surface area (Å²) in [5, 5.41) is 3.21. The van der Waals surface area contributed by atoms with Gasteiger partial charge in [0.05, 0.1) is 16.3 Å². The zero-order valence-electron chi connectivity index (χ0n) is 13.9. The number of hydrogen-bond acceptors (Lipinski definition) is 5. The molecule has 140 valence electrons. The van der Waals surface area contributed by atoms with Crippen LogP contribution in [0.25, 0.3) is 0 Å². The summed E-state index contributed by atoms with van der Waals surface area (Å²) in [6, 6.07) is 7.26. The normalized spacial score (nSPS) is 14.0. The molecule has 0 bridgehead atoms. The van der Waals surface area contributed by atoms with E-state index in [1.807, 2.05) is 24.0 Å². The second-order valence-corrected chi connectivity index (χ2v) is 6.58. The monoisotopic (exact) mass is 424 g/mol. The summed E-state index contributed by atoms with van der Waals surface area (Å²) in [5.41, 5.74) is 8.17. The van der Waals surface area contributed by atoms with E-state index in [9.17, 15) is 4.79 Å². The summed E-state index contributed by atoms with van der Waals surface area (Å²) in [6.45, 7) is 6.09. The van der Waals surface area contributed by atoms with E-state index >= 15 is 0 Å². The number of amides is 1. The summed E-state index contributed by atoms with van der Waals surface area (Å²) < 4.78 is 0. The van der Waals surface area contributed by atoms with Gasteiger partial charge in [-0.3, -0.25) is 9.69 Å². The maximum absolute atomic E-state index is 12.5. The number of thiazole rings is 1. The highest BCUT2D eigenvalue weighted by molar-refractivity contribution is 7.09. The van der Waals surface area contributed by atoms with Crippen molar-refractivity contribution in [3.63, 3.8) is 0 Å². The van der Waals surface area contributed by atoms with Gasteiger partial charge in [-0.1, -0.05) is 12.1 Å². The third kappa shape index (κ3) is 6.01. The van der Waals surface area contributed by atoms with E-state index in [4.69, 9.17) is 5.73 Å². The van der Waals surface area contributed by atoms with Crippen molar-refractivity contribution in [2.24, 2.45) is 0 Å². The molecular formula is C16H23Cl3N4OS. The first-order valence-electron chi connectivity index (χ1n) is 7.40. The van der Waals surface area contributed by atoms with Gasteiger partial charge < -0.3 is 10.6 Å². The summed E-state index contributed by atoms with van der Waals surface area (Å²) in [4.78, 5) is 21.2. The Morgan fingerprint density at radius 2 is 1.80 bits per heavy atom. The van der Waals surface area contributed by atoms with Gasteiger partial charge in [-0.05, 0) is 19.1 Å². The smallest absolute Gasteiger partial charge is 0.256 e. The number of aromatic nitrogens is 1. The molecule has 1 fully saturated rings. The number of nitrogens with two attached hydrogens (primary N) is 1. The molecule has 0 unspecified atom stereocenters. The Hall–Kier alpha value is -1.05. The van der Waals surface area contributed by atoms with Crippen molar-refractivity contribution in [3.05, 3.63) is 45.9 Å². The van der Waals surface area contributed by atoms with Gasteiger partial charge in [-0.15, -0.1) is 48.6 Å². The highest BCUT2D eigenvalue weighted by Crippen LogP contribution is 2.16. The van der Waals surface area contributed by atoms with Gasteiger partial charge in [0.15, 0.2) is 0 Å². The molecule has 1 aromatic heterocycles. The largest absolute Gasteiger partial charge is 0.398 e. The third-order valence-electron chi connectivity index (χ3n) is 3.90. The van der Waals surface area contributed by atoms with Crippen molar-refractivity contribution < 1.29 is 4.79 Å². The predicted molar refractivity (Wildman–Crippen MR) is 111 cm³/mol. The van der Waals surface area contributed by atoms with Crippen molar-refractivity contribution in [1.82, 2.24) is 14.8 Å². The molecule has 1 aliphatic rings. The molecule has 0 radical (unpaired) electrons. The number of rotatable bonds is 3. The van der Waals surface area contributed by atoms with Crippen LogP contribution in [0.5, 0.6) is 0 Å². The molecule has 3 rings (SSSR count). The van der Waals surface area contributed by atoms with E-state index in [1.165, 1.54) is 0 Å². The number of piperazine rings is 1. The first-order chi connectivity index (χ1) is 10.6. The molecule has 0 spiro atoms. The van der Waals surface area contributed by atoms with Gasteiger partial charge in [-0.25, -0.2) is 4.98 Å². The highest BCUT2D eigenvalue weighted by atomic mass is 35.5. The molecule has 1 amide bonds. The fourth-order valence-corrected chi connectivity index (χ4v) is 3.28. The molecule has 1 aromatic carbocycles. The molecule has 2 heterocycles. The van der Waals surface area contributed by atoms with Crippen LogP contribution in [0.15, 0.2) is 29.6 Å². The molecule has 2 aromatic rings. The van der Waals surface area contributed by atoms with E-state index in [1.54, 1.807) is 23.5 Å². The number of anilines is 1. The number of halogens is 3. The number of carbonyl (C=O) groups excluding carboxylic acids is 1. The lowest BCUT2D eigenvalue weighted by Crippen LogP contribution is -2.48. The molecule has 0 aliphatic carbocycles. The number of hydrogen-bond donors (Lipinski definition) is 1.